The normalized spacial score (nSPS) is 14.8. The molecule has 1 aliphatic heterocycles. The van der Waals surface area contributed by atoms with Gasteiger partial charge in [0.2, 0.25) is 5.91 Å². The molecule has 1 aliphatic rings. The zero-order valence-corrected chi connectivity index (χ0v) is 18.9. The average molecular weight is 478 g/mol. The number of anilines is 1. The van der Waals surface area contributed by atoms with E-state index in [1.165, 1.54) is 26.5 Å². The van der Waals surface area contributed by atoms with Gasteiger partial charge in [0.05, 0.1) is 36.7 Å². The summed E-state index contributed by atoms with van der Waals surface area (Å²) in [5.41, 5.74) is 6.19. The van der Waals surface area contributed by atoms with Gasteiger partial charge in [-0.1, -0.05) is 12.5 Å². The molecule has 0 bridgehead atoms. The van der Waals surface area contributed by atoms with Gasteiger partial charge in [0, 0.05) is 25.4 Å². The standard InChI is InChI=1S/C24H20F2N6O3/c1-4-19(33)31-8-7-14(12-31)32-23-13(10-27)11-29-24(28)20(23)16(30-32)6-5-15-21(25)17(34-2)9-18(35-3)22(15)26/h4,9,11,14H,1,7-8,12H2,2-3H3,(H2,28,29)/t14-/m0/s1. The topological polar surface area (TPSA) is 119 Å². The van der Waals surface area contributed by atoms with Crippen molar-refractivity contribution in [3.05, 3.63) is 53.4 Å². The summed E-state index contributed by atoms with van der Waals surface area (Å²) in [4.78, 5) is 17.7. The molecule has 3 heterocycles. The molecule has 9 nitrogen and oxygen atoms in total. The molecule has 178 valence electrons. The van der Waals surface area contributed by atoms with Crippen LogP contribution in [0.15, 0.2) is 24.9 Å². The van der Waals surface area contributed by atoms with Crippen molar-refractivity contribution in [3.8, 4) is 29.4 Å². The lowest BCUT2D eigenvalue weighted by molar-refractivity contribution is -0.125. The number of nitrogen functional groups attached to an aromatic ring is 1. The maximum Gasteiger partial charge on any atom is 0.246 e. The quantitative estimate of drug-likeness (QED) is 0.452. The molecule has 1 amide bonds. The van der Waals surface area contributed by atoms with Crippen LogP contribution in [0.5, 0.6) is 11.5 Å². The van der Waals surface area contributed by atoms with E-state index in [9.17, 15) is 18.8 Å². The number of ether oxygens (including phenoxy) is 2. The number of aromatic nitrogens is 3. The summed E-state index contributed by atoms with van der Waals surface area (Å²) >= 11 is 0. The predicted molar refractivity (Wildman–Crippen MR) is 123 cm³/mol. The van der Waals surface area contributed by atoms with Gasteiger partial charge in [-0.2, -0.15) is 10.4 Å². The van der Waals surface area contributed by atoms with E-state index >= 15 is 0 Å². The highest BCUT2D eigenvalue weighted by atomic mass is 19.1. The number of carbonyl (C=O) groups is 1. The third-order valence-electron chi connectivity index (χ3n) is 5.75. The van der Waals surface area contributed by atoms with Crippen molar-refractivity contribution >= 4 is 22.6 Å². The molecular weight excluding hydrogens is 458 g/mol. The Kier molecular flexibility index (Phi) is 6.26. The molecule has 1 fully saturated rings. The highest BCUT2D eigenvalue weighted by Gasteiger charge is 2.30. The van der Waals surface area contributed by atoms with E-state index in [-0.39, 0.29) is 45.9 Å². The highest BCUT2D eigenvalue weighted by Crippen LogP contribution is 2.33. The fraction of sp³-hybridized carbons (Fsp3) is 0.250. The first-order valence-electron chi connectivity index (χ1n) is 10.4. The van der Waals surface area contributed by atoms with Crippen molar-refractivity contribution in [2.75, 3.05) is 33.0 Å². The first kappa shape index (κ1) is 23.5. The number of halogens is 2. The number of amides is 1. The van der Waals surface area contributed by atoms with Gasteiger partial charge in [0.1, 0.15) is 23.1 Å². The van der Waals surface area contributed by atoms with Gasteiger partial charge in [0.25, 0.3) is 0 Å². The van der Waals surface area contributed by atoms with Crippen molar-refractivity contribution < 1.29 is 23.0 Å². The van der Waals surface area contributed by atoms with E-state index in [2.05, 4.69) is 34.6 Å². The number of hydrogen-bond acceptors (Lipinski definition) is 7. The fourth-order valence-electron chi connectivity index (χ4n) is 4.02. The smallest absolute Gasteiger partial charge is 0.246 e. The van der Waals surface area contributed by atoms with E-state index in [4.69, 9.17) is 15.2 Å². The van der Waals surface area contributed by atoms with Crippen molar-refractivity contribution in [1.29, 1.82) is 5.26 Å². The van der Waals surface area contributed by atoms with E-state index in [0.717, 1.165) is 6.07 Å². The minimum absolute atomic E-state index is 0.0516. The highest BCUT2D eigenvalue weighted by molar-refractivity contribution is 5.96. The Balaban J connectivity index is 1.90. The summed E-state index contributed by atoms with van der Waals surface area (Å²) in [6, 6.07) is 2.86. The minimum atomic E-state index is -1.000. The monoisotopic (exact) mass is 478 g/mol. The van der Waals surface area contributed by atoms with Gasteiger partial charge in [-0.15, -0.1) is 0 Å². The molecule has 2 aromatic heterocycles. The summed E-state index contributed by atoms with van der Waals surface area (Å²) in [6.07, 6.45) is 3.11. The lowest BCUT2D eigenvalue weighted by atomic mass is 10.1. The van der Waals surface area contributed by atoms with Gasteiger partial charge in [-0.05, 0) is 18.4 Å². The van der Waals surface area contributed by atoms with Gasteiger partial charge >= 0.3 is 0 Å². The molecule has 0 unspecified atom stereocenters. The number of benzene rings is 1. The number of nitriles is 1. The number of rotatable bonds is 4. The zero-order valence-electron chi connectivity index (χ0n) is 18.9. The second kappa shape index (κ2) is 9.31. The summed E-state index contributed by atoms with van der Waals surface area (Å²) < 4.78 is 41.1. The van der Waals surface area contributed by atoms with Crippen LogP contribution < -0.4 is 15.2 Å². The molecule has 11 heteroatoms. The van der Waals surface area contributed by atoms with E-state index in [1.54, 1.807) is 9.58 Å². The fourth-order valence-corrected chi connectivity index (χ4v) is 4.02. The van der Waals surface area contributed by atoms with Crippen LogP contribution in [0, 0.1) is 34.8 Å². The van der Waals surface area contributed by atoms with Gasteiger partial charge in [-0.3, -0.25) is 9.48 Å². The van der Waals surface area contributed by atoms with Crippen molar-refractivity contribution in [3.63, 3.8) is 0 Å². The third-order valence-corrected chi connectivity index (χ3v) is 5.75. The van der Waals surface area contributed by atoms with Gasteiger partial charge in [0.15, 0.2) is 23.1 Å². The van der Waals surface area contributed by atoms with Crippen LogP contribution in [0.4, 0.5) is 14.6 Å². The molecule has 2 N–H and O–H groups in total. The lowest BCUT2D eigenvalue weighted by Crippen LogP contribution is -2.27. The number of nitrogens with zero attached hydrogens (tertiary/aromatic N) is 5. The predicted octanol–water partition coefficient (Wildman–Crippen LogP) is 2.54. The van der Waals surface area contributed by atoms with Crippen molar-refractivity contribution in [2.24, 2.45) is 0 Å². The molecule has 1 saturated heterocycles. The molecule has 4 rings (SSSR count). The second-order valence-corrected chi connectivity index (χ2v) is 7.65. The molecular formula is C24H20F2N6O3. The number of fused-ring (bicyclic) bond motifs is 1. The summed E-state index contributed by atoms with van der Waals surface area (Å²) in [5.74, 6) is 2.48. The first-order chi connectivity index (χ1) is 16.8. The number of pyridine rings is 1. The Bertz CT molecular complexity index is 1440. The minimum Gasteiger partial charge on any atom is -0.493 e. The van der Waals surface area contributed by atoms with Crippen LogP contribution in [0.3, 0.4) is 0 Å². The number of nitrogens with two attached hydrogens (primary N) is 1. The zero-order chi connectivity index (χ0) is 25.3. The number of methoxy groups -OCH3 is 2. The number of carbonyl (C=O) groups excluding carboxylic acids is 1. The van der Waals surface area contributed by atoms with Crippen LogP contribution >= 0.6 is 0 Å². The van der Waals surface area contributed by atoms with Crippen molar-refractivity contribution in [1.82, 2.24) is 19.7 Å². The van der Waals surface area contributed by atoms with E-state index in [1.807, 2.05) is 0 Å². The number of hydrogen-bond donors (Lipinski definition) is 1. The molecule has 1 atom stereocenters. The summed E-state index contributed by atoms with van der Waals surface area (Å²) in [6.45, 7) is 4.31. The molecule has 0 saturated carbocycles. The van der Waals surface area contributed by atoms with Crippen LogP contribution in [0.1, 0.15) is 29.3 Å². The largest absolute Gasteiger partial charge is 0.493 e. The summed E-state index contributed by atoms with van der Waals surface area (Å²) in [5, 5.41) is 14.5. The molecule has 0 spiro atoms. The SMILES string of the molecule is C=CC(=O)N1CC[C@H](n2nc(C#Cc3c(F)c(OC)cc(OC)c3F)c3c(N)ncc(C#N)c32)C1. The Morgan fingerprint density at radius 2 is 1.97 bits per heavy atom. The maximum absolute atomic E-state index is 14.8. The molecule has 3 aromatic rings. The van der Waals surface area contributed by atoms with E-state index < -0.39 is 17.2 Å². The molecule has 0 radical (unpaired) electrons. The third kappa shape index (κ3) is 3.97. The van der Waals surface area contributed by atoms with Gasteiger partial charge in [-0.25, -0.2) is 13.8 Å². The van der Waals surface area contributed by atoms with Crippen molar-refractivity contribution in [2.45, 2.75) is 12.5 Å². The Labute approximate surface area is 199 Å². The van der Waals surface area contributed by atoms with Crippen LogP contribution in [-0.2, 0) is 4.79 Å². The maximum atomic E-state index is 14.8. The van der Waals surface area contributed by atoms with E-state index in [0.29, 0.717) is 25.0 Å². The molecule has 0 aliphatic carbocycles. The first-order valence-corrected chi connectivity index (χ1v) is 10.4. The molecule has 35 heavy (non-hydrogen) atoms. The second-order valence-electron chi connectivity index (χ2n) is 7.65. The van der Waals surface area contributed by atoms with Crippen LogP contribution in [-0.4, -0.2) is 52.9 Å². The lowest BCUT2D eigenvalue weighted by Gasteiger charge is -2.15. The molecule has 1 aromatic carbocycles. The Morgan fingerprint density at radius 3 is 2.57 bits per heavy atom. The average Bonchev–Trinajstić information content (AvgIpc) is 3.50. The Morgan fingerprint density at radius 1 is 1.29 bits per heavy atom. The Hall–Kier alpha value is -4.64. The summed E-state index contributed by atoms with van der Waals surface area (Å²) in [7, 11) is 2.47. The van der Waals surface area contributed by atoms with Crippen LogP contribution in [0.2, 0.25) is 0 Å². The number of likely N-dealkylation sites (tertiary alicyclic amines) is 1. The van der Waals surface area contributed by atoms with Crippen LogP contribution in [0.25, 0.3) is 10.9 Å². The van der Waals surface area contributed by atoms with Gasteiger partial charge < -0.3 is 20.1 Å².